The maximum Gasteiger partial charge on any atom is 0.274 e. The topological polar surface area (TPSA) is 54.7 Å². The highest BCUT2D eigenvalue weighted by atomic mass is 32.1. The molecular formula is C22H21N3O2S. The molecule has 0 fully saturated rings. The Kier molecular flexibility index (Phi) is 4.96. The van der Waals surface area contributed by atoms with Gasteiger partial charge in [-0.1, -0.05) is 47.7 Å². The van der Waals surface area contributed by atoms with E-state index in [4.69, 9.17) is 0 Å². The van der Waals surface area contributed by atoms with Gasteiger partial charge in [0.05, 0.1) is 22.3 Å². The highest BCUT2D eigenvalue weighted by Crippen LogP contribution is 2.30. The number of thiazole rings is 1. The smallest absolute Gasteiger partial charge is 0.274 e. The molecule has 0 unspecified atom stereocenters. The standard InChI is InChI=1S/C22H21N3O2S/c1-3-24(4-2)21(27)13-15-10-11-17-19(12-15)28-22-23-20(26)14-18(25(17)22)16-8-6-5-7-9-16/h5-12,14H,3-4,13H2,1-2H3. The number of hydrogen-bond donors (Lipinski definition) is 0. The van der Waals surface area contributed by atoms with E-state index in [-0.39, 0.29) is 11.5 Å². The number of nitrogens with zero attached hydrogens (tertiary/aromatic N) is 3. The first kappa shape index (κ1) is 18.4. The predicted molar refractivity (Wildman–Crippen MR) is 114 cm³/mol. The van der Waals surface area contributed by atoms with Crippen LogP contribution in [0.4, 0.5) is 0 Å². The number of carbonyl (C=O) groups excluding carboxylic acids is 1. The minimum Gasteiger partial charge on any atom is -0.343 e. The Morgan fingerprint density at radius 3 is 2.54 bits per heavy atom. The minimum absolute atomic E-state index is 0.128. The van der Waals surface area contributed by atoms with Gasteiger partial charge in [0.2, 0.25) is 5.91 Å². The Balaban J connectivity index is 1.83. The Hall–Kier alpha value is -2.99. The number of amides is 1. The SMILES string of the molecule is CCN(CC)C(=O)Cc1ccc2c(c1)sc1nc(=O)cc(-c3ccccc3)n12. The first-order valence-corrected chi connectivity index (χ1v) is 10.2. The number of likely N-dealkylation sites (N-methyl/N-ethyl adjacent to an activating group) is 1. The van der Waals surface area contributed by atoms with E-state index in [1.54, 1.807) is 6.07 Å². The van der Waals surface area contributed by atoms with Gasteiger partial charge in [-0.25, -0.2) is 0 Å². The molecule has 28 heavy (non-hydrogen) atoms. The number of benzene rings is 2. The second-order valence-corrected chi connectivity index (χ2v) is 7.62. The van der Waals surface area contributed by atoms with E-state index in [2.05, 4.69) is 4.98 Å². The van der Waals surface area contributed by atoms with Crippen LogP contribution >= 0.6 is 11.3 Å². The third kappa shape index (κ3) is 3.31. The fourth-order valence-electron chi connectivity index (χ4n) is 3.48. The van der Waals surface area contributed by atoms with Crippen molar-refractivity contribution in [2.45, 2.75) is 20.3 Å². The summed E-state index contributed by atoms with van der Waals surface area (Å²) in [5, 5.41) is 0. The molecule has 0 atom stereocenters. The second kappa shape index (κ2) is 7.56. The molecule has 0 N–H and O–H groups in total. The van der Waals surface area contributed by atoms with Crippen LogP contribution in [0.15, 0.2) is 59.4 Å². The van der Waals surface area contributed by atoms with Crippen molar-refractivity contribution < 1.29 is 4.79 Å². The number of fused-ring (bicyclic) bond motifs is 3. The summed E-state index contributed by atoms with van der Waals surface area (Å²) in [7, 11) is 0. The number of rotatable bonds is 5. The zero-order chi connectivity index (χ0) is 19.7. The summed E-state index contributed by atoms with van der Waals surface area (Å²) >= 11 is 1.47. The molecule has 1 amide bonds. The fraction of sp³-hybridized carbons (Fsp3) is 0.227. The Labute approximate surface area is 166 Å². The number of carbonyl (C=O) groups is 1. The molecule has 0 bridgehead atoms. The molecule has 0 aliphatic heterocycles. The van der Waals surface area contributed by atoms with Crippen LogP contribution < -0.4 is 5.56 Å². The van der Waals surface area contributed by atoms with Crippen molar-refractivity contribution in [1.29, 1.82) is 0 Å². The minimum atomic E-state index is -0.248. The van der Waals surface area contributed by atoms with E-state index in [1.807, 2.05) is 71.7 Å². The van der Waals surface area contributed by atoms with E-state index in [9.17, 15) is 9.59 Å². The van der Waals surface area contributed by atoms with Crippen LogP contribution in [0.1, 0.15) is 19.4 Å². The van der Waals surface area contributed by atoms with Crippen LogP contribution in [0, 0.1) is 0 Å². The Bertz CT molecular complexity index is 1210. The van der Waals surface area contributed by atoms with E-state index >= 15 is 0 Å². The summed E-state index contributed by atoms with van der Waals surface area (Å²) in [6.07, 6.45) is 0.377. The van der Waals surface area contributed by atoms with Gasteiger partial charge >= 0.3 is 0 Å². The molecule has 0 aliphatic rings. The van der Waals surface area contributed by atoms with Crippen molar-refractivity contribution >= 4 is 32.4 Å². The van der Waals surface area contributed by atoms with Crippen LogP contribution in [0.5, 0.6) is 0 Å². The number of hydrogen-bond acceptors (Lipinski definition) is 4. The molecule has 0 saturated carbocycles. The van der Waals surface area contributed by atoms with Crippen molar-refractivity contribution in [3.8, 4) is 11.3 Å². The molecule has 6 heteroatoms. The Morgan fingerprint density at radius 2 is 1.82 bits per heavy atom. The highest BCUT2D eigenvalue weighted by Gasteiger charge is 2.14. The maximum absolute atomic E-state index is 12.4. The summed E-state index contributed by atoms with van der Waals surface area (Å²) in [5.74, 6) is 0.128. The lowest BCUT2D eigenvalue weighted by Crippen LogP contribution is -2.31. The van der Waals surface area contributed by atoms with Crippen molar-refractivity contribution in [3.05, 3.63) is 70.5 Å². The van der Waals surface area contributed by atoms with E-state index in [0.717, 1.165) is 27.0 Å². The second-order valence-electron chi connectivity index (χ2n) is 6.61. The molecular weight excluding hydrogens is 370 g/mol. The molecule has 0 radical (unpaired) electrons. The molecule has 5 nitrogen and oxygen atoms in total. The third-order valence-corrected chi connectivity index (χ3v) is 5.91. The summed E-state index contributed by atoms with van der Waals surface area (Å²) in [6, 6.07) is 17.5. The summed E-state index contributed by atoms with van der Waals surface area (Å²) in [6.45, 7) is 5.41. The van der Waals surface area contributed by atoms with Crippen LogP contribution in [0.25, 0.3) is 26.4 Å². The molecule has 2 heterocycles. The molecule has 142 valence electrons. The lowest BCUT2D eigenvalue weighted by Gasteiger charge is -2.18. The average molecular weight is 391 g/mol. The van der Waals surface area contributed by atoms with Crippen LogP contribution in [0.2, 0.25) is 0 Å². The summed E-state index contributed by atoms with van der Waals surface area (Å²) in [5.41, 5.74) is 3.51. The van der Waals surface area contributed by atoms with Gasteiger partial charge in [0.15, 0.2) is 4.96 Å². The van der Waals surface area contributed by atoms with Gasteiger partial charge in [-0.3, -0.25) is 14.0 Å². The lowest BCUT2D eigenvalue weighted by molar-refractivity contribution is -0.130. The molecule has 0 saturated heterocycles. The molecule has 4 rings (SSSR count). The zero-order valence-electron chi connectivity index (χ0n) is 15.9. The largest absolute Gasteiger partial charge is 0.343 e. The molecule has 0 aliphatic carbocycles. The predicted octanol–water partition coefficient (Wildman–Crippen LogP) is 3.99. The maximum atomic E-state index is 12.4. The van der Waals surface area contributed by atoms with Crippen LogP contribution in [-0.4, -0.2) is 33.3 Å². The van der Waals surface area contributed by atoms with Gasteiger partial charge in [0.1, 0.15) is 0 Å². The van der Waals surface area contributed by atoms with Gasteiger partial charge in [-0.15, -0.1) is 0 Å². The van der Waals surface area contributed by atoms with Gasteiger partial charge < -0.3 is 4.90 Å². The lowest BCUT2D eigenvalue weighted by atomic mass is 10.1. The molecule has 2 aromatic carbocycles. The first-order chi connectivity index (χ1) is 13.6. The fourth-order valence-corrected chi connectivity index (χ4v) is 4.57. The summed E-state index contributed by atoms with van der Waals surface area (Å²) < 4.78 is 3.03. The van der Waals surface area contributed by atoms with Crippen molar-refractivity contribution in [2.24, 2.45) is 0 Å². The molecule has 4 aromatic rings. The monoisotopic (exact) mass is 391 g/mol. The highest BCUT2D eigenvalue weighted by molar-refractivity contribution is 7.23. The zero-order valence-corrected chi connectivity index (χ0v) is 16.7. The quantitative estimate of drug-likeness (QED) is 0.517. The van der Waals surface area contributed by atoms with Gasteiger partial charge in [0, 0.05) is 19.2 Å². The normalized spacial score (nSPS) is 11.2. The Morgan fingerprint density at radius 1 is 1.07 bits per heavy atom. The molecule has 2 aromatic heterocycles. The van der Waals surface area contributed by atoms with Crippen LogP contribution in [-0.2, 0) is 11.2 Å². The van der Waals surface area contributed by atoms with Crippen LogP contribution in [0.3, 0.4) is 0 Å². The molecule has 0 spiro atoms. The average Bonchev–Trinajstić information content (AvgIpc) is 3.06. The van der Waals surface area contributed by atoms with Crippen molar-refractivity contribution in [1.82, 2.24) is 14.3 Å². The van der Waals surface area contributed by atoms with Crippen molar-refractivity contribution in [3.63, 3.8) is 0 Å². The number of aromatic nitrogens is 2. The van der Waals surface area contributed by atoms with Gasteiger partial charge in [-0.05, 0) is 37.1 Å². The van der Waals surface area contributed by atoms with Gasteiger partial charge in [0.25, 0.3) is 5.56 Å². The van der Waals surface area contributed by atoms with E-state index in [1.165, 1.54) is 11.3 Å². The summed E-state index contributed by atoms with van der Waals surface area (Å²) in [4.78, 5) is 31.3. The van der Waals surface area contributed by atoms with E-state index in [0.29, 0.717) is 24.5 Å². The third-order valence-electron chi connectivity index (χ3n) is 4.91. The van der Waals surface area contributed by atoms with Crippen molar-refractivity contribution in [2.75, 3.05) is 13.1 Å². The van der Waals surface area contributed by atoms with E-state index < -0.39 is 0 Å². The first-order valence-electron chi connectivity index (χ1n) is 9.39. The van der Waals surface area contributed by atoms with Gasteiger partial charge in [-0.2, -0.15) is 4.98 Å².